The number of hydrogen-bond donors (Lipinski definition) is 2. The Kier molecular flexibility index (Phi) is 5.00. The first-order valence-electron chi connectivity index (χ1n) is 6.17. The van der Waals surface area contributed by atoms with Crippen LogP contribution < -0.4 is 11.3 Å². The van der Waals surface area contributed by atoms with E-state index in [4.69, 9.17) is 29.0 Å². The second kappa shape index (κ2) is 6.55. The monoisotopic (exact) mass is 312 g/mol. The van der Waals surface area contributed by atoms with E-state index in [1.807, 2.05) is 19.1 Å². The zero-order valence-electron chi connectivity index (χ0n) is 11.0. The zero-order valence-corrected chi connectivity index (χ0v) is 12.5. The summed E-state index contributed by atoms with van der Waals surface area (Å²) in [6.45, 7) is 1.84. The SMILES string of the molecule is Cc1ccc(C(Cc2ccc(Cl)cc2Cl)NN)c(F)c1. The second-order valence-corrected chi connectivity index (χ2v) is 5.53. The molecule has 0 saturated heterocycles. The topological polar surface area (TPSA) is 38.0 Å². The van der Waals surface area contributed by atoms with Crippen LogP contribution in [0, 0.1) is 12.7 Å². The van der Waals surface area contributed by atoms with Gasteiger partial charge in [0.1, 0.15) is 5.82 Å². The highest BCUT2D eigenvalue weighted by Gasteiger charge is 2.16. The lowest BCUT2D eigenvalue weighted by molar-refractivity contribution is 0.510. The lowest BCUT2D eigenvalue weighted by atomic mass is 9.98. The van der Waals surface area contributed by atoms with E-state index in [0.29, 0.717) is 22.0 Å². The molecule has 0 saturated carbocycles. The molecule has 1 unspecified atom stereocenters. The Bertz CT molecular complexity index is 617. The summed E-state index contributed by atoms with van der Waals surface area (Å²) in [5.41, 5.74) is 4.88. The summed E-state index contributed by atoms with van der Waals surface area (Å²) >= 11 is 12.0. The molecule has 0 aliphatic heterocycles. The van der Waals surface area contributed by atoms with Crippen molar-refractivity contribution in [3.63, 3.8) is 0 Å². The van der Waals surface area contributed by atoms with Gasteiger partial charge in [0.25, 0.3) is 0 Å². The first kappa shape index (κ1) is 15.3. The minimum absolute atomic E-state index is 0.280. The lowest BCUT2D eigenvalue weighted by Crippen LogP contribution is -2.30. The number of nitrogens with two attached hydrogens (primary N) is 1. The lowest BCUT2D eigenvalue weighted by Gasteiger charge is -2.18. The Morgan fingerprint density at radius 1 is 1.20 bits per heavy atom. The summed E-state index contributed by atoms with van der Waals surface area (Å²) in [7, 11) is 0. The van der Waals surface area contributed by atoms with Crippen LogP contribution in [0.1, 0.15) is 22.7 Å². The Morgan fingerprint density at radius 3 is 2.55 bits per heavy atom. The summed E-state index contributed by atoms with van der Waals surface area (Å²) in [6, 6.07) is 9.96. The van der Waals surface area contributed by atoms with Gasteiger partial charge in [-0.15, -0.1) is 0 Å². The predicted octanol–water partition coefficient (Wildman–Crippen LogP) is 4.19. The van der Waals surface area contributed by atoms with Crippen molar-refractivity contribution < 1.29 is 4.39 Å². The number of aryl methyl sites for hydroxylation is 1. The van der Waals surface area contributed by atoms with Crippen molar-refractivity contribution in [2.45, 2.75) is 19.4 Å². The van der Waals surface area contributed by atoms with Crippen molar-refractivity contribution >= 4 is 23.2 Å². The molecule has 2 rings (SSSR count). The van der Waals surface area contributed by atoms with Crippen molar-refractivity contribution in [3.05, 3.63) is 69.0 Å². The van der Waals surface area contributed by atoms with Crippen LogP contribution in [-0.4, -0.2) is 0 Å². The molecule has 0 fully saturated rings. The van der Waals surface area contributed by atoms with Crippen LogP contribution in [-0.2, 0) is 6.42 Å². The fraction of sp³-hybridized carbons (Fsp3) is 0.200. The van der Waals surface area contributed by atoms with Gasteiger partial charge in [0, 0.05) is 15.6 Å². The highest BCUT2D eigenvalue weighted by atomic mass is 35.5. The first-order valence-corrected chi connectivity index (χ1v) is 6.93. The van der Waals surface area contributed by atoms with Crippen LogP contribution in [0.3, 0.4) is 0 Å². The molecule has 20 heavy (non-hydrogen) atoms. The summed E-state index contributed by atoms with van der Waals surface area (Å²) in [4.78, 5) is 0. The molecule has 3 N–H and O–H groups in total. The maximum Gasteiger partial charge on any atom is 0.128 e. The molecule has 0 heterocycles. The van der Waals surface area contributed by atoms with Gasteiger partial charge in [0.2, 0.25) is 0 Å². The van der Waals surface area contributed by atoms with Crippen molar-refractivity contribution in [2.75, 3.05) is 0 Å². The van der Waals surface area contributed by atoms with Gasteiger partial charge in [0.15, 0.2) is 0 Å². The molecule has 106 valence electrons. The normalized spacial score (nSPS) is 12.4. The molecule has 1 atom stereocenters. The van der Waals surface area contributed by atoms with Crippen molar-refractivity contribution in [2.24, 2.45) is 5.84 Å². The fourth-order valence-corrected chi connectivity index (χ4v) is 2.57. The van der Waals surface area contributed by atoms with Gasteiger partial charge in [-0.25, -0.2) is 4.39 Å². The van der Waals surface area contributed by atoms with E-state index in [1.165, 1.54) is 6.07 Å². The molecule has 0 bridgehead atoms. The van der Waals surface area contributed by atoms with E-state index in [9.17, 15) is 4.39 Å². The van der Waals surface area contributed by atoms with Crippen LogP contribution in [0.15, 0.2) is 36.4 Å². The summed E-state index contributed by atoms with van der Waals surface area (Å²) in [5.74, 6) is 5.27. The molecule has 5 heteroatoms. The van der Waals surface area contributed by atoms with Gasteiger partial charge in [-0.3, -0.25) is 11.3 Å². The zero-order chi connectivity index (χ0) is 14.7. The quantitative estimate of drug-likeness (QED) is 0.656. The molecular formula is C15H15Cl2FN2. The van der Waals surface area contributed by atoms with E-state index in [2.05, 4.69) is 5.43 Å². The van der Waals surface area contributed by atoms with E-state index < -0.39 is 0 Å². The standard InChI is InChI=1S/C15H15Cl2FN2/c1-9-2-5-12(14(18)6-9)15(20-19)7-10-3-4-11(16)8-13(10)17/h2-6,8,15,20H,7,19H2,1H3. The Labute approximate surface area is 127 Å². The smallest absolute Gasteiger partial charge is 0.128 e. The summed E-state index contributed by atoms with van der Waals surface area (Å²) in [6.07, 6.45) is 0.479. The summed E-state index contributed by atoms with van der Waals surface area (Å²) in [5, 5.41) is 1.11. The van der Waals surface area contributed by atoms with Crippen LogP contribution in [0.4, 0.5) is 4.39 Å². The minimum Gasteiger partial charge on any atom is -0.271 e. The number of halogens is 3. The van der Waals surface area contributed by atoms with Gasteiger partial charge in [-0.05, 0) is 42.7 Å². The third-order valence-electron chi connectivity index (χ3n) is 3.17. The third-order valence-corrected chi connectivity index (χ3v) is 3.76. The van der Waals surface area contributed by atoms with Gasteiger partial charge < -0.3 is 0 Å². The van der Waals surface area contributed by atoms with Crippen molar-refractivity contribution in [1.29, 1.82) is 0 Å². The number of hydrazine groups is 1. The summed E-state index contributed by atoms with van der Waals surface area (Å²) < 4.78 is 14.0. The highest BCUT2D eigenvalue weighted by Crippen LogP contribution is 2.27. The molecule has 0 aromatic heterocycles. The molecular weight excluding hydrogens is 298 g/mol. The molecule has 0 aliphatic carbocycles. The number of hydrogen-bond acceptors (Lipinski definition) is 2. The average Bonchev–Trinajstić information content (AvgIpc) is 2.39. The first-order chi connectivity index (χ1) is 9.51. The Hall–Kier alpha value is -1.13. The Morgan fingerprint density at radius 2 is 1.95 bits per heavy atom. The molecule has 2 nitrogen and oxygen atoms in total. The molecule has 0 radical (unpaired) electrons. The fourth-order valence-electron chi connectivity index (χ4n) is 2.08. The van der Waals surface area contributed by atoms with Crippen LogP contribution in [0.5, 0.6) is 0 Å². The number of nitrogens with one attached hydrogen (secondary N) is 1. The van der Waals surface area contributed by atoms with E-state index in [-0.39, 0.29) is 11.9 Å². The van der Waals surface area contributed by atoms with Crippen LogP contribution in [0.25, 0.3) is 0 Å². The van der Waals surface area contributed by atoms with Gasteiger partial charge in [-0.1, -0.05) is 41.4 Å². The van der Waals surface area contributed by atoms with Gasteiger partial charge in [-0.2, -0.15) is 0 Å². The largest absolute Gasteiger partial charge is 0.271 e. The third kappa shape index (κ3) is 3.49. The molecule has 2 aromatic rings. The minimum atomic E-state index is -0.353. The van der Waals surface area contributed by atoms with Crippen LogP contribution in [0.2, 0.25) is 10.0 Å². The molecule has 0 spiro atoms. The second-order valence-electron chi connectivity index (χ2n) is 4.68. The maximum atomic E-state index is 14.0. The predicted molar refractivity (Wildman–Crippen MR) is 81.4 cm³/mol. The van der Waals surface area contributed by atoms with Gasteiger partial charge in [0.05, 0.1) is 6.04 Å². The number of rotatable bonds is 4. The van der Waals surface area contributed by atoms with E-state index in [1.54, 1.807) is 18.2 Å². The molecule has 0 amide bonds. The van der Waals surface area contributed by atoms with Crippen LogP contribution >= 0.6 is 23.2 Å². The Balaban J connectivity index is 2.28. The average molecular weight is 313 g/mol. The van der Waals surface area contributed by atoms with Crippen molar-refractivity contribution in [3.8, 4) is 0 Å². The molecule has 2 aromatic carbocycles. The molecule has 0 aliphatic rings. The van der Waals surface area contributed by atoms with Gasteiger partial charge >= 0.3 is 0 Å². The van der Waals surface area contributed by atoms with E-state index >= 15 is 0 Å². The van der Waals surface area contributed by atoms with E-state index in [0.717, 1.165) is 11.1 Å². The van der Waals surface area contributed by atoms with Crippen molar-refractivity contribution in [1.82, 2.24) is 5.43 Å². The number of benzene rings is 2. The maximum absolute atomic E-state index is 14.0. The highest BCUT2D eigenvalue weighted by molar-refractivity contribution is 6.35.